The highest BCUT2D eigenvalue weighted by Crippen LogP contribution is 2.29. The number of carbonyl (C=O) groups excluding carboxylic acids is 1. The number of halogens is 3. The molecule has 1 aliphatic heterocycles. The highest BCUT2D eigenvalue weighted by Gasteiger charge is 2.31. The molecule has 0 saturated carbocycles. The standard InChI is InChI=1S/C23H27F3N2O2/c1-30-21-8-3-2-6-18(21)12-14-28-20(9-10-22(28)29)11-13-27-16-17-5-4-7-19(15-17)23(24,25)26/h2-8,15,20,27H,9-14,16H2,1H3/t20-/m0/s1. The van der Waals surface area contributed by atoms with Crippen molar-refractivity contribution < 1.29 is 22.7 Å². The van der Waals surface area contributed by atoms with Crippen LogP contribution in [0.1, 0.15) is 36.0 Å². The summed E-state index contributed by atoms with van der Waals surface area (Å²) >= 11 is 0. The van der Waals surface area contributed by atoms with E-state index in [-0.39, 0.29) is 11.9 Å². The van der Waals surface area contributed by atoms with E-state index in [1.54, 1.807) is 13.2 Å². The minimum atomic E-state index is -4.33. The molecule has 4 nitrogen and oxygen atoms in total. The van der Waals surface area contributed by atoms with Crippen molar-refractivity contribution in [3.05, 3.63) is 65.2 Å². The van der Waals surface area contributed by atoms with Crippen molar-refractivity contribution in [1.29, 1.82) is 0 Å². The summed E-state index contributed by atoms with van der Waals surface area (Å²) in [6, 6.07) is 13.3. The molecule has 1 aliphatic rings. The molecule has 0 unspecified atom stereocenters. The van der Waals surface area contributed by atoms with Gasteiger partial charge in [0.2, 0.25) is 5.91 Å². The predicted octanol–water partition coefficient (Wildman–Crippen LogP) is 4.43. The number of hydrogen-bond donors (Lipinski definition) is 1. The molecule has 2 aromatic carbocycles. The van der Waals surface area contributed by atoms with Gasteiger partial charge in [-0.1, -0.05) is 36.4 Å². The number of alkyl halides is 3. The van der Waals surface area contributed by atoms with Crippen molar-refractivity contribution >= 4 is 5.91 Å². The summed E-state index contributed by atoms with van der Waals surface area (Å²) in [5, 5.41) is 3.21. The summed E-state index contributed by atoms with van der Waals surface area (Å²) in [4.78, 5) is 14.2. The van der Waals surface area contributed by atoms with E-state index in [4.69, 9.17) is 4.74 Å². The van der Waals surface area contributed by atoms with E-state index in [1.807, 2.05) is 29.2 Å². The van der Waals surface area contributed by atoms with Crippen LogP contribution < -0.4 is 10.1 Å². The smallest absolute Gasteiger partial charge is 0.416 e. The SMILES string of the molecule is COc1ccccc1CCN1C(=O)CC[C@H]1CCNCc1cccc(C(F)(F)F)c1. The second-order valence-electron chi connectivity index (χ2n) is 7.51. The number of benzene rings is 2. The molecule has 1 saturated heterocycles. The molecular formula is C23H27F3N2O2. The van der Waals surface area contributed by atoms with E-state index in [0.717, 1.165) is 36.6 Å². The lowest BCUT2D eigenvalue weighted by molar-refractivity contribution is -0.137. The number of likely N-dealkylation sites (tertiary alicyclic amines) is 1. The molecule has 1 atom stereocenters. The molecule has 0 bridgehead atoms. The van der Waals surface area contributed by atoms with Gasteiger partial charge < -0.3 is 15.0 Å². The molecule has 0 aromatic heterocycles. The molecule has 30 heavy (non-hydrogen) atoms. The summed E-state index contributed by atoms with van der Waals surface area (Å²) in [6.07, 6.45) is -1.47. The minimum absolute atomic E-state index is 0.154. The van der Waals surface area contributed by atoms with E-state index in [0.29, 0.717) is 31.6 Å². The molecule has 2 aromatic rings. The van der Waals surface area contributed by atoms with Crippen LogP contribution in [0.15, 0.2) is 48.5 Å². The normalized spacial score (nSPS) is 16.9. The van der Waals surface area contributed by atoms with Crippen molar-refractivity contribution in [2.45, 2.75) is 44.4 Å². The molecule has 1 heterocycles. The lowest BCUT2D eigenvalue weighted by Gasteiger charge is -2.25. The number of ether oxygens (including phenoxy) is 1. The molecular weight excluding hydrogens is 393 g/mol. The predicted molar refractivity (Wildman–Crippen MR) is 109 cm³/mol. The van der Waals surface area contributed by atoms with E-state index >= 15 is 0 Å². The second-order valence-corrected chi connectivity index (χ2v) is 7.51. The average molecular weight is 420 g/mol. The van der Waals surface area contributed by atoms with Crippen LogP contribution in [0.3, 0.4) is 0 Å². The van der Waals surface area contributed by atoms with E-state index in [2.05, 4.69) is 5.32 Å². The Kier molecular flexibility index (Phi) is 7.37. The number of nitrogens with one attached hydrogen (secondary N) is 1. The fourth-order valence-corrected chi connectivity index (χ4v) is 3.91. The number of rotatable bonds is 9. The average Bonchev–Trinajstić information content (AvgIpc) is 3.09. The van der Waals surface area contributed by atoms with Crippen LogP contribution >= 0.6 is 0 Å². The maximum Gasteiger partial charge on any atom is 0.416 e. The Bertz CT molecular complexity index is 854. The molecule has 1 fully saturated rings. The Hall–Kier alpha value is -2.54. The summed E-state index contributed by atoms with van der Waals surface area (Å²) in [7, 11) is 1.64. The summed E-state index contributed by atoms with van der Waals surface area (Å²) in [5.74, 6) is 0.983. The Morgan fingerprint density at radius 3 is 2.73 bits per heavy atom. The number of nitrogens with zero attached hydrogens (tertiary/aromatic N) is 1. The Morgan fingerprint density at radius 1 is 1.17 bits per heavy atom. The second kappa shape index (κ2) is 9.98. The lowest BCUT2D eigenvalue weighted by atomic mass is 10.1. The number of para-hydroxylation sites is 1. The van der Waals surface area contributed by atoms with Gasteiger partial charge in [-0.2, -0.15) is 13.2 Å². The van der Waals surface area contributed by atoms with Crippen LogP contribution in [0.5, 0.6) is 5.75 Å². The maximum absolute atomic E-state index is 12.8. The van der Waals surface area contributed by atoms with Gasteiger partial charge in [0.25, 0.3) is 0 Å². The summed E-state index contributed by atoms with van der Waals surface area (Å²) < 4.78 is 43.8. The Morgan fingerprint density at radius 2 is 1.97 bits per heavy atom. The third-order valence-corrected chi connectivity index (χ3v) is 5.50. The van der Waals surface area contributed by atoms with Gasteiger partial charge in [-0.15, -0.1) is 0 Å². The fraction of sp³-hybridized carbons (Fsp3) is 0.435. The van der Waals surface area contributed by atoms with Gasteiger partial charge in [-0.3, -0.25) is 4.79 Å². The van der Waals surface area contributed by atoms with Crippen molar-refractivity contribution in [2.24, 2.45) is 0 Å². The zero-order valence-electron chi connectivity index (χ0n) is 17.0. The third kappa shape index (κ3) is 5.75. The first-order chi connectivity index (χ1) is 14.4. The lowest BCUT2D eigenvalue weighted by Crippen LogP contribution is -2.36. The zero-order valence-corrected chi connectivity index (χ0v) is 17.0. The molecule has 3 rings (SSSR count). The largest absolute Gasteiger partial charge is 0.496 e. The summed E-state index contributed by atoms with van der Waals surface area (Å²) in [6.45, 7) is 1.64. The zero-order chi connectivity index (χ0) is 21.6. The van der Waals surface area contributed by atoms with Crippen molar-refractivity contribution in [2.75, 3.05) is 20.2 Å². The van der Waals surface area contributed by atoms with Gasteiger partial charge in [-0.05, 0) is 49.1 Å². The monoisotopic (exact) mass is 420 g/mol. The number of hydrogen-bond acceptors (Lipinski definition) is 3. The van der Waals surface area contributed by atoms with Crippen LogP contribution in [0.2, 0.25) is 0 Å². The van der Waals surface area contributed by atoms with Crippen LogP contribution in [0.25, 0.3) is 0 Å². The minimum Gasteiger partial charge on any atom is -0.496 e. The number of amides is 1. The van der Waals surface area contributed by atoms with E-state index in [1.165, 1.54) is 12.1 Å². The van der Waals surface area contributed by atoms with Gasteiger partial charge >= 0.3 is 6.18 Å². The topological polar surface area (TPSA) is 41.6 Å². The van der Waals surface area contributed by atoms with Gasteiger partial charge in [0.05, 0.1) is 12.7 Å². The molecule has 162 valence electrons. The van der Waals surface area contributed by atoms with Crippen molar-refractivity contribution in [3.63, 3.8) is 0 Å². The van der Waals surface area contributed by atoms with Gasteiger partial charge in [0.1, 0.15) is 5.75 Å². The molecule has 1 N–H and O–H groups in total. The fourth-order valence-electron chi connectivity index (χ4n) is 3.91. The van der Waals surface area contributed by atoms with Gasteiger partial charge in [0.15, 0.2) is 0 Å². The first-order valence-corrected chi connectivity index (χ1v) is 10.2. The maximum atomic E-state index is 12.8. The van der Waals surface area contributed by atoms with E-state index in [9.17, 15) is 18.0 Å². The van der Waals surface area contributed by atoms with Crippen LogP contribution in [-0.4, -0.2) is 37.0 Å². The van der Waals surface area contributed by atoms with Crippen LogP contribution in [-0.2, 0) is 23.9 Å². The highest BCUT2D eigenvalue weighted by atomic mass is 19.4. The van der Waals surface area contributed by atoms with Gasteiger partial charge in [-0.25, -0.2) is 0 Å². The van der Waals surface area contributed by atoms with Crippen LogP contribution in [0.4, 0.5) is 13.2 Å². The van der Waals surface area contributed by atoms with Gasteiger partial charge in [0, 0.05) is 25.6 Å². The van der Waals surface area contributed by atoms with E-state index < -0.39 is 11.7 Å². The van der Waals surface area contributed by atoms with Crippen LogP contribution in [0, 0.1) is 0 Å². The van der Waals surface area contributed by atoms with Crippen molar-refractivity contribution in [1.82, 2.24) is 10.2 Å². The third-order valence-electron chi connectivity index (χ3n) is 5.50. The van der Waals surface area contributed by atoms with Crippen molar-refractivity contribution in [3.8, 4) is 5.75 Å². The molecule has 0 radical (unpaired) electrons. The first-order valence-electron chi connectivity index (χ1n) is 10.2. The molecule has 0 spiro atoms. The molecule has 7 heteroatoms. The molecule has 0 aliphatic carbocycles. The Labute approximate surface area is 175 Å². The summed E-state index contributed by atoms with van der Waals surface area (Å²) in [5.41, 5.74) is 1.03. The Balaban J connectivity index is 1.48. The quantitative estimate of drug-likeness (QED) is 0.611. The number of carbonyl (C=O) groups is 1. The molecule has 1 amide bonds. The number of methoxy groups -OCH3 is 1. The first kappa shape index (κ1) is 22.2. The highest BCUT2D eigenvalue weighted by molar-refractivity contribution is 5.78.